The van der Waals surface area contributed by atoms with E-state index in [0.717, 1.165) is 11.3 Å². The van der Waals surface area contributed by atoms with Gasteiger partial charge in [0.05, 0.1) is 18.5 Å². The van der Waals surface area contributed by atoms with Crippen molar-refractivity contribution in [2.45, 2.75) is 26.4 Å². The van der Waals surface area contributed by atoms with Crippen LogP contribution >= 0.6 is 0 Å². The zero-order valence-electron chi connectivity index (χ0n) is 13.8. The van der Waals surface area contributed by atoms with Crippen molar-refractivity contribution in [3.05, 3.63) is 65.2 Å². The molecule has 0 spiro atoms. The molecule has 5 nitrogen and oxygen atoms in total. The van der Waals surface area contributed by atoms with Gasteiger partial charge in [-0.05, 0) is 37.6 Å². The van der Waals surface area contributed by atoms with Crippen LogP contribution < -0.4 is 10.1 Å². The van der Waals surface area contributed by atoms with Crippen LogP contribution in [0.1, 0.15) is 28.4 Å². The Morgan fingerprint density at radius 2 is 1.79 bits per heavy atom. The topological polar surface area (TPSA) is 75.6 Å². The van der Waals surface area contributed by atoms with Crippen LogP contribution in [0.3, 0.4) is 0 Å². The van der Waals surface area contributed by atoms with Crippen molar-refractivity contribution in [1.29, 1.82) is 0 Å². The van der Waals surface area contributed by atoms with Gasteiger partial charge in [0, 0.05) is 0 Å². The van der Waals surface area contributed by atoms with E-state index in [1.807, 2.05) is 38.1 Å². The van der Waals surface area contributed by atoms with E-state index in [9.17, 15) is 9.59 Å². The molecule has 0 bridgehead atoms. The first-order valence-electron chi connectivity index (χ1n) is 7.77. The third-order valence-corrected chi connectivity index (χ3v) is 3.54. The summed E-state index contributed by atoms with van der Waals surface area (Å²) in [6, 6.07) is 14.2. The molecule has 0 heterocycles. The van der Waals surface area contributed by atoms with Crippen molar-refractivity contribution >= 4 is 11.9 Å². The number of carbonyl (C=O) groups excluding carboxylic acids is 1. The van der Waals surface area contributed by atoms with Crippen molar-refractivity contribution in [1.82, 2.24) is 5.32 Å². The average Bonchev–Trinajstić information content (AvgIpc) is 2.55. The summed E-state index contributed by atoms with van der Waals surface area (Å²) in [6.07, 6.45) is -0.161. The van der Waals surface area contributed by atoms with E-state index < -0.39 is 5.97 Å². The molecular formula is C19H21NO4. The van der Waals surface area contributed by atoms with E-state index in [1.165, 1.54) is 6.07 Å². The molecule has 0 aliphatic rings. The van der Waals surface area contributed by atoms with E-state index >= 15 is 0 Å². The Bertz CT molecular complexity index is 710. The molecule has 0 aliphatic carbocycles. The van der Waals surface area contributed by atoms with Crippen molar-refractivity contribution < 1.29 is 19.4 Å². The van der Waals surface area contributed by atoms with E-state index in [2.05, 4.69) is 5.32 Å². The number of carbonyl (C=O) groups is 2. The standard InChI is InChI=1S/C19H21NO4/c1-13-7-9-16(10-8-13)24-14(2)12-20-18(21)11-15-5-3-4-6-17(15)19(22)23/h3-10,14H,11-12H2,1-2H3,(H,20,21)(H,22,23). The molecule has 0 aromatic heterocycles. The number of rotatable bonds is 7. The lowest BCUT2D eigenvalue weighted by atomic mass is 10.0. The zero-order chi connectivity index (χ0) is 17.5. The van der Waals surface area contributed by atoms with E-state index in [0.29, 0.717) is 12.1 Å². The Morgan fingerprint density at radius 3 is 2.46 bits per heavy atom. The lowest BCUT2D eigenvalue weighted by Crippen LogP contribution is -2.34. The van der Waals surface area contributed by atoms with Crippen LogP contribution in [0.4, 0.5) is 0 Å². The largest absolute Gasteiger partial charge is 0.489 e. The van der Waals surface area contributed by atoms with E-state index in [1.54, 1.807) is 18.2 Å². The molecule has 126 valence electrons. The average molecular weight is 327 g/mol. The number of aromatic carboxylic acids is 1. The molecule has 1 unspecified atom stereocenters. The zero-order valence-corrected chi connectivity index (χ0v) is 13.8. The summed E-state index contributed by atoms with van der Waals surface area (Å²) in [7, 11) is 0. The first-order valence-corrected chi connectivity index (χ1v) is 7.77. The summed E-state index contributed by atoms with van der Waals surface area (Å²) >= 11 is 0. The molecule has 2 rings (SSSR count). The van der Waals surface area contributed by atoms with Gasteiger partial charge in [-0.25, -0.2) is 4.79 Å². The highest BCUT2D eigenvalue weighted by Gasteiger charge is 2.13. The monoisotopic (exact) mass is 327 g/mol. The molecule has 1 amide bonds. The number of amides is 1. The number of carboxylic acids is 1. The second-order valence-corrected chi connectivity index (χ2v) is 5.68. The molecule has 2 N–H and O–H groups in total. The number of ether oxygens (including phenoxy) is 1. The minimum absolute atomic E-state index is 0.0275. The van der Waals surface area contributed by atoms with Crippen molar-refractivity contribution in [3.8, 4) is 5.75 Å². The third kappa shape index (κ3) is 5.12. The maximum atomic E-state index is 12.0. The first kappa shape index (κ1) is 17.5. The summed E-state index contributed by atoms with van der Waals surface area (Å²) in [4.78, 5) is 23.2. The van der Waals surface area contributed by atoms with Gasteiger partial charge in [-0.3, -0.25) is 4.79 Å². The Labute approximate surface area is 141 Å². The maximum absolute atomic E-state index is 12.0. The second kappa shape index (κ2) is 8.15. The fourth-order valence-electron chi connectivity index (χ4n) is 2.27. The van der Waals surface area contributed by atoms with Gasteiger partial charge in [-0.1, -0.05) is 35.9 Å². The smallest absolute Gasteiger partial charge is 0.335 e. The summed E-state index contributed by atoms with van der Waals surface area (Å²) in [5.41, 5.74) is 1.80. The fraction of sp³-hybridized carbons (Fsp3) is 0.263. The predicted octanol–water partition coefficient (Wildman–Crippen LogP) is 2.82. The first-order chi connectivity index (χ1) is 11.5. The minimum Gasteiger partial charge on any atom is -0.489 e. The molecule has 24 heavy (non-hydrogen) atoms. The Balaban J connectivity index is 1.85. The number of carboxylic acid groups (broad SMARTS) is 1. The quantitative estimate of drug-likeness (QED) is 0.820. The van der Waals surface area contributed by atoms with Gasteiger partial charge in [-0.2, -0.15) is 0 Å². The number of hydrogen-bond donors (Lipinski definition) is 2. The maximum Gasteiger partial charge on any atom is 0.335 e. The predicted molar refractivity (Wildman–Crippen MR) is 91.4 cm³/mol. The molecule has 0 saturated carbocycles. The molecule has 0 fully saturated rings. The molecule has 0 saturated heterocycles. The number of aryl methyl sites for hydroxylation is 1. The van der Waals surface area contributed by atoms with Crippen LogP contribution in [-0.2, 0) is 11.2 Å². The molecule has 1 atom stereocenters. The SMILES string of the molecule is Cc1ccc(OC(C)CNC(=O)Cc2ccccc2C(=O)O)cc1. The number of nitrogens with one attached hydrogen (secondary N) is 1. The van der Waals surface area contributed by atoms with Crippen LogP contribution in [-0.4, -0.2) is 29.6 Å². The van der Waals surface area contributed by atoms with E-state index in [-0.39, 0.29) is 24.0 Å². The minimum atomic E-state index is -1.03. The van der Waals surface area contributed by atoms with Crippen LogP contribution in [0.2, 0.25) is 0 Å². The lowest BCUT2D eigenvalue weighted by Gasteiger charge is -2.16. The highest BCUT2D eigenvalue weighted by molar-refractivity contribution is 5.91. The molecule has 5 heteroatoms. The molecular weight excluding hydrogens is 306 g/mol. The number of benzene rings is 2. The molecule has 0 radical (unpaired) electrons. The van der Waals surface area contributed by atoms with Crippen LogP contribution in [0, 0.1) is 6.92 Å². The summed E-state index contributed by atoms with van der Waals surface area (Å²) in [5, 5.41) is 11.9. The van der Waals surface area contributed by atoms with Gasteiger partial charge in [0.15, 0.2) is 0 Å². The van der Waals surface area contributed by atoms with Gasteiger partial charge >= 0.3 is 5.97 Å². The van der Waals surface area contributed by atoms with E-state index in [4.69, 9.17) is 9.84 Å². The van der Waals surface area contributed by atoms with Gasteiger partial charge < -0.3 is 15.2 Å². The number of hydrogen-bond acceptors (Lipinski definition) is 3. The van der Waals surface area contributed by atoms with Gasteiger partial charge in [-0.15, -0.1) is 0 Å². The summed E-state index contributed by atoms with van der Waals surface area (Å²) < 4.78 is 5.72. The van der Waals surface area contributed by atoms with Crippen LogP contribution in [0.25, 0.3) is 0 Å². The Morgan fingerprint density at radius 1 is 1.12 bits per heavy atom. The fourth-order valence-corrected chi connectivity index (χ4v) is 2.27. The van der Waals surface area contributed by atoms with Crippen molar-refractivity contribution in [3.63, 3.8) is 0 Å². The summed E-state index contributed by atoms with van der Waals surface area (Å²) in [6.45, 7) is 4.22. The normalized spacial score (nSPS) is 11.6. The molecule has 2 aromatic rings. The van der Waals surface area contributed by atoms with Crippen molar-refractivity contribution in [2.24, 2.45) is 0 Å². The van der Waals surface area contributed by atoms with Crippen LogP contribution in [0.5, 0.6) is 5.75 Å². The Kier molecular flexibility index (Phi) is 5.95. The highest BCUT2D eigenvalue weighted by Crippen LogP contribution is 2.13. The molecule has 2 aromatic carbocycles. The van der Waals surface area contributed by atoms with Gasteiger partial charge in [0.1, 0.15) is 11.9 Å². The Hall–Kier alpha value is -2.82. The van der Waals surface area contributed by atoms with Crippen LogP contribution in [0.15, 0.2) is 48.5 Å². The lowest BCUT2D eigenvalue weighted by molar-refractivity contribution is -0.120. The highest BCUT2D eigenvalue weighted by atomic mass is 16.5. The second-order valence-electron chi connectivity index (χ2n) is 5.68. The van der Waals surface area contributed by atoms with Gasteiger partial charge in [0.2, 0.25) is 5.91 Å². The van der Waals surface area contributed by atoms with Crippen molar-refractivity contribution in [2.75, 3.05) is 6.54 Å². The third-order valence-electron chi connectivity index (χ3n) is 3.54. The molecule has 0 aliphatic heterocycles. The van der Waals surface area contributed by atoms with Gasteiger partial charge in [0.25, 0.3) is 0 Å². The summed E-state index contributed by atoms with van der Waals surface area (Å²) in [5.74, 6) is -0.517.